The van der Waals surface area contributed by atoms with Crippen LogP contribution in [-0.4, -0.2) is 31.0 Å². The van der Waals surface area contributed by atoms with E-state index in [1.54, 1.807) is 55.6 Å². The molecule has 174 valence electrons. The Hall–Kier alpha value is -3.77. The van der Waals surface area contributed by atoms with Crippen LogP contribution in [0.2, 0.25) is 5.02 Å². The second-order valence-electron chi connectivity index (χ2n) is 7.82. The second kappa shape index (κ2) is 9.61. The van der Waals surface area contributed by atoms with E-state index in [1.165, 1.54) is 18.1 Å². The molecule has 1 amide bonds. The minimum absolute atomic E-state index is 0.0287. The van der Waals surface area contributed by atoms with Gasteiger partial charge in [0.2, 0.25) is 0 Å². The number of ketones is 1. The smallest absolute Gasteiger partial charge is 0.300 e. The molecule has 1 fully saturated rings. The zero-order valence-electron chi connectivity index (χ0n) is 19.0. The number of nitrogens with zero attached hydrogens (tertiary/aromatic N) is 1. The number of aryl methyl sites for hydroxylation is 1. The van der Waals surface area contributed by atoms with Gasteiger partial charge in [-0.2, -0.15) is 0 Å². The summed E-state index contributed by atoms with van der Waals surface area (Å²) in [6.45, 7) is 2.04. The number of amides is 1. The molecule has 1 aliphatic heterocycles. The monoisotopic (exact) mass is 477 g/mol. The first-order valence-electron chi connectivity index (χ1n) is 10.8. The minimum atomic E-state index is -0.858. The molecule has 1 heterocycles. The number of aliphatic hydroxyl groups excluding tert-OH is 1. The molecule has 34 heavy (non-hydrogen) atoms. The molecule has 1 atom stereocenters. The summed E-state index contributed by atoms with van der Waals surface area (Å²) >= 11 is 6.25. The van der Waals surface area contributed by atoms with Crippen molar-refractivity contribution in [1.29, 1.82) is 0 Å². The number of benzene rings is 3. The van der Waals surface area contributed by atoms with Crippen molar-refractivity contribution in [2.75, 3.05) is 19.1 Å². The molecule has 0 bridgehead atoms. The van der Waals surface area contributed by atoms with E-state index < -0.39 is 17.7 Å². The first-order chi connectivity index (χ1) is 16.4. The minimum Gasteiger partial charge on any atom is -0.507 e. The lowest BCUT2D eigenvalue weighted by molar-refractivity contribution is -0.132. The number of anilines is 1. The van der Waals surface area contributed by atoms with E-state index in [4.69, 9.17) is 21.1 Å². The molecule has 0 radical (unpaired) electrons. The summed E-state index contributed by atoms with van der Waals surface area (Å²) in [6, 6.07) is 18.4. The number of methoxy groups -OCH3 is 2. The van der Waals surface area contributed by atoms with E-state index in [-0.39, 0.29) is 16.4 Å². The van der Waals surface area contributed by atoms with E-state index in [9.17, 15) is 14.7 Å². The van der Waals surface area contributed by atoms with Crippen LogP contribution in [0.4, 0.5) is 5.69 Å². The SMILES string of the molecule is CCc1ccc(N2C(=O)C(=O)/C(=C(\O)c3ccc(OC)c(Cl)c3)C2c2cccc(OC)c2)cc1. The maximum Gasteiger partial charge on any atom is 0.300 e. The molecule has 0 spiro atoms. The van der Waals surface area contributed by atoms with Crippen molar-refractivity contribution >= 4 is 34.7 Å². The standard InChI is InChI=1S/C27H24ClNO5/c1-4-16-8-11-19(12-9-16)29-24(17-6-5-7-20(14-17)33-2)23(26(31)27(29)32)25(30)18-10-13-22(34-3)21(28)15-18/h5-15,24,30H,4H2,1-3H3/b25-23-. The average molecular weight is 478 g/mol. The lowest BCUT2D eigenvalue weighted by Gasteiger charge is -2.26. The van der Waals surface area contributed by atoms with Crippen molar-refractivity contribution in [1.82, 2.24) is 0 Å². The van der Waals surface area contributed by atoms with Gasteiger partial charge < -0.3 is 14.6 Å². The number of hydrogen-bond acceptors (Lipinski definition) is 5. The van der Waals surface area contributed by atoms with Gasteiger partial charge in [0.1, 0.15) is 17.3 Å². The van der Waals surface area contributed by atoms with Crippen molar-refractivity contribution in [3.63, 3.8) is 0 Å². The van der Waals surface area contributed by atoms with Gasteiger partial charge in [-0.05, 0) is 60.0 Å². The highest BCUT2D eigenvalue weighted by atomic mass is 35.5. The van der Waals surface area contributed by atoms with Gasteiger partial charge >= 0.3 is 0 Å². The highest BCUT2D eigenvalue weighted by Gasteiger charge is 2.47. The van der Waals surface area contributed by atoms with Crippen LogP contribution in [0.25, 0.3) is 5.76 Å². The first-order valence-corrected chi connectivity index (χ1v) is 11.1. The quantitative estimate of drug-likeness (QED) is 0.286. The molecule has 6 nitrogen and oxygen atoms in total. The summed E-state index contributed by atoms with van der Waals surface area (Å²) < 4.78 is 10.5. The van der Waals surface area contributed by atoms with Gasteiger partial charge in [0.15, 0.2) is 0 Å². The summed E-state index contributed by atoms with van der Waals surface area (Å²) in [6.07, 6.45) is 0.844. The predicted molar refractivity (Wildman–Crippen MR) is 132 cm³/mol. The van der Waals surface area contributed by atoms with Gasteiger partial charge in [-0.3, -0.25) is 14.5 Å². The van der Waals surface area contributed by atoms with Gasteiger partial charge in [-0.25, -0.2) is 0 Å². The van der Waals surface area contributed by atoms with Gasteiger partial charge in [-0.15, -0.1) is 0 Å². The number of ether oxygens (including phenoxy) is 2. The van der Waals surface area contributed by atoms with Crippen LogP contribution in [0.5, 0.6) is 11.5 Å². The second-order valence-corrected chi connectivity index (χ2v) is 8.22. The number of aliphatic hydroxyl groups is 1. The fraction of sp³-hybridized carbons (Fsp3) is 0.185. The zero-order chi connectivity index (χ0) is 24.4. The molecule has 7 heteroatoms. The summed E-state index contributed by atoms with van der Waals surface area (Å²) in [4.78, 5) is 28.0. The van der Waals surface area contributed by atoms with Crippen LogP contribution in [0.15, 0.2) is 72.3 Å². The molecular formula is C27H24ClNO5. The molecule has 1 aliphatic rings. The van der Waals surface area contributed by atoms with Crippen molar-refractivity contribution in [3.05, 3.63) is 94.0 Å². The Morgan fingerprint density at radius 2 is 1.74 bits per heavy atom. The largest absolute Gasteiger partial charge is 0.507 e. The Balaban J connectivity index is 1.93. The number of carbonyl (C=O) groups is 2. The van der Waals surface area contributed by atoms with Crippen LogP contribution < -0.4 is 14.4 Å². The Bertz CT molecular complexity index is 1280. The van der Waals surface area contributed by atoms with Crippen LogP contribution in [0.3, 0.4) is 0 Å². The zero-order valence-corrected chi connectivity index (χ0v) is 19.8. The van der Waals surface area contributed by atoms with Crippen molar-refractivity contribution in [3.8, 4) is 11.5 Å². The van der Waals surface area contributed by atoms with Gasteiger partial charge in [0.05, 0.1) is 30.9 Å². The average Bonchev–Trinajstić information content (AvgIpc) is 3.13. The van der Waals surface area contributed by atoms with Crippen LogP contribution >= 0.6 is 11.6 Å². The van der Waals surface area contributed by atoms with Crippen molar-refractivity contribution in [2.24, 2.45) is 0 Å². The number of carbonyl (C=O) groups excluding carboxylic acids is 2. The molecule has 1 N–H and O–H groups in total. The van der Waals surface area contributed by atoms with E-state index in [1.807, 2.05) is 19.1 Å². The third-order valence-electron chi connectivity index (χ3n) is 5.90. The van der Waals surface area contributed by atoms with Crippen molar-refractivity contribution in [2.45, 2.75) is 19.4 Å². The van der Waals surface area contributed by atoms with E-state index in [0.717, 1.165) is 12.0 Å². The Morgan fingerprint density at radius 3 is 2.35 bits per heavy atom. The Kier molecular flexibility index (Phi) is 6.61. The normalized spacial score (nSPS) is 17.2. The summed E-state index contributed by atoms with van der Waals surface area (Å²) in [5.41, 5.74) is 2.56. The van der Waals surface area contributed by atoms with Crippen LogP contribution in [-0.2, 0) is 16.0 Å². The lowest BCUT2D eigenvalue weighted by atomic mass is 9.95. The van der Waals surface area contributed by atoms with Gasteiger partial charge in [0, 0.05) is 11.3 Å². The molecular weight excluding hydrogens is 454 g/mol. The molecule has 4 rings (SSSR count). The molecule has 1 unspecified atom stereocenters. The van der Waals surface area contributed by atoms with E-state index in [2.05, 4.69) is 0 Å². The highest BCUT2D eigenvalue weighted by molar-refractivity contribution is 6.51. The third-order valence-corrected chi connectivity index (χ3v) is 6.20. The molecule has 3 aromatic carbocycles. The van der Waals surface area contributed by atoms with Crippen LogP contribution in [0.1, 0.15) is 29.7 Å². The summed E-state index contributed by atoms with van der Waals surface area (Å²) in [7, 11) is 3.03. The Morgan fingerprint density at radius 1 is 1.00 bits per heavy atom. The maximum atomic E-state index is 13.3. The fourth-order valence-electron chi connectivity index (χ4n) is 4.09. The van der Waals surface area contributed by atoms with Gasteiger partial charge in [0.25, 0.3) is 11.7 Å². The lowest BCUT2D eigenvalue weighted by Crippen LogP contribution is -2.29. The predicted octanol–water partition coefficient (Wildman–Crippen LogP) is 5.55. The van der Waals surface area contributed by atoms with E-state index in [0.29, 0.717) is 28.3 Å². The molecule has 0 aliphatic carbocycles. The van der Waals surface area contributed by atoms with Crippen LogP contribution in [0, 0.1) is 0 Å². The summed E-state index contributed by atoms with van der Waals surface area (Å²) in [5, 5.41) is 11.5. The number of rotatable bonds is 6. The number of halogens is 1. The van der Waals surface area contributed by atoms with Crippen molar-refractivity contribution < 1.29 is 24.2 Å². The summed E-state index contributed by atoms with van der Waals surface area (Å²) in [5.74, 6) is -0.825. The topological polar surface area (TPSA) is 76.1 Å². The van der Waals surface area contributed by atoms with E-state index >= 15 is 0 Å². The molecule has 0 aromatic heterocycles. The maximum absolute atomic E-state index is 13.3. The Labute approximate surface area is 203 Å². The first kappa shape index (κ1) is 23.4. The third kappa shape index (κ3) is 4.13. The number of hydrogen-bond donors (Lipinski definition) is 1. The molecule has 3 aromatic rings. The number of Topliss-reactive ketones (excluding diaryl/α,β-unsaturated/α-hetero) is 1. The highest BCUT2D eigenvalue weighted by Crippen LogP contribution is 2.43. The molecule has 0 saturated carbocycles. The fourth-order valence-corrected chi connectivity index (χ4v) is 4.34. The molecule has 1 saturated heterocycles. The van der Waals surface area contributed by atoms with Gasteiger partial charge in [-0.1, -0.05) is 42.8 Å².